The number of anilines is 1. The molecule has 1 atom stereocenters. The van der Waals surface area contributed by atoms with Gasteiger partial charge in [-0.15, -0.1) is 0 Å². The van der Waals surface area contributed by atoms with Crippen LogP contribution in [0.25, 0.3) is 0 Å². The van der Waals surface area contributed by atoms with Gasteiger partial charge in [0, 0.05) is 13.1 Å². The minimum atomic E-state index is 0.680. The number of nitrogens with two attached hydrogens (primary N) is 1. The Morgan fingerprint density at radius 2 is 2.22 bits per heavy atom. The second-order valence-electron chi connectivity index (χ2n) is 5.15. The van der Waals surface area contributed by atoms with Crippen molar-refractivity contribution in [1.82, 2.24) is 0 Å². The predicted octanol–water partition coefficient (Wildman–Crippen LogP) is 2.65. The molecule has 3 heteroatoms. The first-order chi connectivity index (χ1) is 8.81. The molecule has 1 aromatic rings. The number of benzene rings is 1. The number of fused-ring (bicyclic) bond motifs is 1. The van der Waals surface area contributed by atoms with Gasteiger partial charge in [0.05, 0.1) is 12.3 Å². The van der Waals surface area contributed by atoms with E-state index in [1.807, 2.05) is 6.07 Å². The van der Waals surface area contributed by atoms with Crippen molar-refractivity contribution >= 4 is 5.69 Å². The Kier molecular flexibility index (Phi) is 4.88. The van der Waals surface area contributed by atoms with Crippen LogP contribution in [0.2, 0.25) is 0 Å². The van der Waals surface area contributed by atoms with Gasteiger partial charge in [0.1, 0.15) is 5.75 Å². The average Bonchev–Trinajstić information content (AvgIpc) is 2.59. The molecule has 1 aromatic carbocycles. The van der Waals surface area contributed by atoms with Gasteiger partial charge in [0.15, 0.2) is 0 Å². The smallest absolute Gasteiger partial charge is 0.142 e. The first-order valence-corrected chi connectivity index (χ1v) is 6.98. The van der Waals surface area contributed by atoms with E-state index in [-0.39, 0.29) is 0 Å². The van der Waals surface area contributed by atoms with Gasteiger partial charge in [0.2, 0.25) is 0 Å². The topological polar surface area (TPSA) is 38.5 Å². The van der Waals surface area contributed by atoms with Crippen LogP contribution in [0.15, 0.2) is 24.3 Å². The highest BCUT2D eigenvalue weighted by Gasteiger charge is 2.17. The SMILES string of the molecule is CC(CCCN)CN1CCCOc2ccccc21. The quantitative estimate of drug-likeness (QED) is 0.870. The van der Waals surface area contributed by atoms with E-state index < -0.39 is 0 Å². The Hall–Kier alpha value is -1.22. The largest absolute Gasteiger partial charge is 0.491 e. The van der Waals surface area contributed by atoms with Crippen LogP contribution in [0.5, 0.6) is 5.75 Å². The van der Waals surface area contributed by atoms with Crippen LogP contribution in [0.3, 0.4) is 0 Å². The summed E-state index contributed by atoms with van der Waals surface area (Å²) in [6.07, 6.45) is 3.42. The third-order valence-corrected chi connectivity index (χ3v) is 3.47. The minimum Gasteiger partial charge on any atom is -0.491 e. The number of ether oxygens (including phenoxy) is 1. The Bertz CT molecular complexity index is 367. The van der Waals surface area contributed by atoms with E-state index in [0.717, 1.165) is 44.8 Å². The Balaban J connectivity index is 2.03. The Labute approximate surface area is 110 Å². The first kappa shape index (κ1) is 13.2. The van der Waals surface area contributed by atoms with Crippen molar-refractivity contribution in [2.24, 2.45) is 11.7 Å². The lowest BCUT2D eigenvalue weighted by Crippen LogP contribution is -2.29. The molecule has 18 heavy (non-hydrogen) atoms. The number of rotatable bonds is 5. The number of para-hydroxylation sites is 2. The van der Waals surface area contributed by atoms with Crippen molar-refractivity contribution in [3.05, 3.63) is 24.3 Å². The average molecular weight is 248 g/mol. The van der Waals surface area contributed by atoms with Crippen LogP contribution in [0.1, 0.15) is 26.2 Å². The molecule has 0 spiro atoms. The Morgan fingerprint density at radius 3 is 3.06 bits per heavy atom. The molecule has 3 nitrogen and oxygen atoms in total. The van der Waals surface area contributed by atoms with E-state index in [1.165, 1.54) is 12.1 Å². The predicted molar refractivity (Wildman–Crippen MR) is 76.2 cm³/mol. The maximum absolute atomic E-state index is 5.78. The maximum atomic E-state index is 5.78. The highest BCUT2D eigenvalue weighted by atomic mass is 16.5. The van der Waals surface area contributed by atoms with Gasteiger partial charge in [0.25, 0.3) is 0 Å². The van der Waals surface area contributed by atoms with Crippen molar-refractivity contribution in [2.75, 3.05) is 31.1 Å². The normalized spacial score (nSPS) is 16.7. The Morgan fingerprint density at radius 1 is 1.39 bits per heavy atom. The van der Waals surface area contributed by atoms with Gasteiger partial charge in [-0.2, -0.15) is 0 Å². The summed E-state index contributed by atoms with van der Waals surface area (Å²) in [7, 11) is 0. The molecule has 1 aliphatic rings. The molecule has 0 fully saturated rings. The zero-order chi connectivity index (χ0) is 12.8. The van der Waals surface area contributed by atoms with E-state index in [1.54, 1.807) is 0 Å². The summed E-state index contributed by atoms with van der Waals surface area (Å²) in [5, 5.41) is 0. The summed E-state index contributed by atoms with van der Waals surface area (Å²) < 4.78 is 5.78. The highest BCUT2D eigenvalue weighted by molar-refractivity contribution is 5.58. The van der Waals surface area contributed by atoms with E-state index in [9.17, 15) is 0 Å². The third-order valence-electron chi connectivity index (χ3n) is 3.47. The van der Waals surface area contributed by atoms with Gasteiger partial charge in [-0.3, -0.25) is 0 Å². The molecule has 0 saturated heterocycles. The summed E-state index contributed by atoms with van der Waals surface area (Å²) in [6.45, 7) is 6.11. The van der Waals surface area contributed by atoms with Crippen molar-refractivity contribution in [3.8, 4) is 5.75 Å². The fraction of sp³-hybridized carbons (Fsp3) is 0.600. The summed E-state index contributed by atoms with van der Waals surface area (Å²) in [4.78, 5) is 2.46. The van der Waals surface area contributed by atoms with E-state index >= 15 is 0 Å². The van der Waals surface area contributed by atoms with Gasteiger partial charge in [-0.1, -0.05) is 19.1 Å². The van der Waals surface area contributed by atoms with E-state index in [4.69, 9.17) is 10.5 Å². The molecule has 1 aliphatic heterocycles. The summed E-state index contributed by atoms with van der Waals surface area (Å²) in [6, 6.07) is 8.36. The number of hydrogen-bond donors (Lipinski definition) is 1. The van der Waals surface area contributed by atoms with E-state index in [0.29, 0.717) is 5.92 Å². The van der Waals surface area contributed by atoms with Gasteiger partial charge in [-0.05, 0) is 43.9 Å². The van der Waals surface area contributed by atoms with Crippen molar-refractivity contribution in [1.29, 1.82) is 0 Å². The summed E-state index contributed by atoms with van der Waals surface area (Å²) in [5.74, 6) is 1.71. The lowest BCUT2D eigenvalue weighted by Gasteiger charge is -2.27. The monoisotopic (exact) mass is 248 g/mol. The molecule has 0 saturated carbocycles. The number of hydrogen-bond acceptors (Lipinski definition) is 3. The molecule has 1 unspecified atom stereocenters. The lowest BCUT2D eigenvalue weighted by atomic mass is 10.0. The van der Waals surface area contributed by atoms with E-state index in [2.05, 4.69) is 30.0 Å². The first-order valence-electron chi connectivity index (χ1n) is 6.98. The second-order valence-corrected chi connectivity index (χ2v) is 5.15. The zero-order valence-electron chi connectivity index (χ0n) is 11.3. The molecule has 1 heterocycles. The third kappa shape index (κ3) is 3.39. The van der Waals surface area contributed by atoms with Gasteiger partial charge in [-0.25, -0.2) is 0 Å². The molecule has 2 N–H and O–H groups in total. The molecular weight excluding hydrogens is 224 g/mol. The van der Waals surface area contributed by atoms with Crippen LogP contribution in [0, 0.1) is 5.92 Å². The van der Waals surface area contributed by atoms with Crippen LogP contribution < -0.4 is 15.4 Å². The summed E-state index contributed by atoms with van der Waals surface area (Å²) in [5.41, 5.74) is 6.82. The van der Waals surface area contributed by atoms with Crippen LogP contribution >= 0.6 is 0 Å². The van der Waals surface area contributed by atoms with Crippen molar-refractivity contribution in [2.45, 2.75) is 26.2 Å². The molecule has 0 aliphatic carbocycles. The van der Waals surface area contributed by atoms with Crippen LogP contribution in [-0.2, 0) is 0 Å². The summed E-state index contributed by atoms with van der Waals surface area (Å²) >= 11 is 0. The fourth-order valence-electron chi connectivity index (χ4n) is 2.52. The maximum Gasteiger partial charge on any atom is 0.142 e. The molecule has 0 amide bonds. The molecule has 0 aromatic heterocycles. The standard InChI is InChI=1S/C15H24N2O/c1-13(6-4-9-16)12-17-10-5-11-18-15-8-3-2-7-14(15)17/h2-3,7-8,13H,4-6,9-12,16H2,1H3. The van der Waals surface area contributed by atoms with Crippen LogP contribution in [0.4, 0.5) is 5.69 Å². The van der Waals surface area contributed by atoms with Gasteiger partial charge < -0.3 is 15.4 Å². The zero-order valence-corrected chi connectivity index (χ0v) is 11.3. The molecular formula is C15H24N2O. The van der Waals surface area contributed by atoms with Crippen molar-refractivity contribution in [3.63, 3.8) is 0 Å². The fourth-order valence-corrected chi connectivity index (χ4v) is 2.52. The highest BCUT2D eigenvalue weighted by Crippen LogP contribution is 2.31. The second kappa shape index (κ2) is 6.64. The van der Waals surface area contributed by atoms with Crippen molar-refractivity contribution < 1.29 is 4.74 Å². The van der Waals surface area contributed by atoms with Gasteiger partial charge >= 0.3 is 0 Å². The lowest BCUT2D eigenvalue weighted by molar-refractivity contribution is 0.322. The minimum absolute atomic E-state index is 0.680. The molecule has 0 radical (unpaired) electrons. The van der Waals surface area contributed by atoms with Crippen LogP contribution in [-0.4, -0.2) is 26.2 Å². The molecule has 2 rings (SSSR count). The molecule has 0 bridgehead atoms. The number of nitrogens with zero attached hydrogens (tertiary/aromatic N) is 1. The molecule has 100 valence electrons.